The average molecular weight is 426 g/mol. The molecule has 0 bridgehead atoms. The molecule has 1 aromatic carbocycles. The van der Waals surface area contributed by atoms with Crippen molar-refractivity contribution in [2.75, 3.05) is 6.54 Å². The summed E-state index contributed by atoms with van der Waals surface area (Å²) >= 11 is 0. The van der Waals surface area contributed by atoms with E-state index in [1.54, 1.807) is 36.4 Å². The first-order valence-corrected chi connectivity index (χ1v) is 11.6. The molecule has 0 spiro atoms. The van der Waals surface area contributed by atoms with Gasteiger partial charge in [-0.2, -0.15) is 0 Å². The predicted octanol–water partition coefficient (Wildman–Crippen LogP) is 4.91. The van der Waals surface area contributed by atoms with Crippen LogP contribution >= 0.6 is 0 Å². The van der Waals surface area contributed by atoms with Crippen LogP contribution in [0.5, 0.6) is 0 Å². The van der Waals surface area contributed by atoms with Gasteiger partial charge in [-0.05, 0) is 65.6 Å². The van der Waals surface area contributed by atoms with Crippen LogP contribution in [0.3, 0.4) is 0 Å². The van der Waals surface area contributed by atoms with Crippen molar-refractivity contribution in [3.8, 4) is 11.1 Å². The van der Waals surface area contributed by atoms with Gasteiger partial charge in [0.1, 0.15) is 0 Å². The lowest BCUT2D eigenvalue weighted by Gasteiger charge is -2.07. The summed E-state index contributed by atoms with van der Waals surface area (Å²) in [6.07, 6.45) is 2.11. The highest BCUT2D eigenvalue weighted by molar-refractivity contribution is 7.89. The van der Waals surface area contributed by atoms with Crippen molar-refractivity contribution in [1.29, 1.82) is 0 Å². The van der Waals surface area contributed by atoms with Crippen LogP contribution in [0.25, 0.3) is 11.1 Å². The molecule has 0 aliphatic heterocycles. The third kappa shape index (κ3) is 5.07. The van der Waals surface area contributed by atoms with Gasteiger partial charge in [0, 0.05) is 6.54 Å². The van der Waals surface area contributed by atoms with E-state index in [1.807, 2.05) is 24.3 Å². The van der Waals surface area contributed by atoms with E-state index < -0.39 is 16.0 Å². The Morgan fingerprint density at radius 2 is 1.70 bits per heavy atom. The van der Waals surface area contributed by atoms with E-state index in [-0.39, 0.29) is 4.90 Å². The van der Waals surface area contributed by atoms with Gasteiger partial charge in [-0.3, -0.25) is 0 Å². The Kier molecular flexibility index (Phi) is 6.90. The summed E-state index contributed by atoms with van der Waals surface area (Å²) in [6.45, 7) is 4.51. The summed E-state index contributed by atoms with van der Waals surface area (Å²) in [6, 6.07) is 18.0. The van der Waals surface area contributed by atoms with E-state index in [0.29, 0.717) is 30.9 Å². The summed E-state index contributed by atoms with van der Waals surface area (Å²) in [5.41, 5.74) is 4.11. The van der Waals surface area contributed by atoms with E-state index in [0.717, 1.165) is 28.7 Å². The van der Waals surface area contributed by atoms with Crippen LogP contribution < -0.4 is 4.72 Å². The molecule has 3 rings (SSSR count). The highest BCUT2D eigenvalue weighted by Gasteiger charge is 2.20. The van der Waals surface area contributed by atoms with Gasteiger partial charge in [-0.25, -0.2) is 17.9 Å². The molecule has 0 unspecified atom stereocenters. The fourth-order valence-corrected chi connectivity index (χ4v) is 4.64. The number of sulfonamides is 1. The molecule has 0 atom stereocenters. The largest absolute Gasteiger partial charge is 0.478 e. The second kappa shape index (κ2) is 9.41. The fourth-order valence-electron chi connectivity index (χ4n) is 3.54. The maximum absolute atomic E-state index is 12.3. The number of hydrogen-bond donors (Lipinski definition) is 2. The van der Waals surface area contributed by atoms with Gasteiger partial charge in [0.2, 0.25) is 10.0 Å². The molecule has 2 N–H and O–H groups in total. The Morgan fingerprint density at radius 1 is 0.967 bits per heavy atom. The SMILES string of the molecule is CC(C)c1cccc2c(CCCCNS(=O)(=O)c3ccccc3)cc(C(=O)O)c-2c1. The first kappa shape index (κ1) is 22.0. The number of fused-ring (bicyclic) bond motifs is 1. The molecule has 0 saturated carbocycles. The maximum Gasteiger partial charge on any atom is 0.336 e. The van der Waals surface area contributed by atoms with E-state index in [9.17, 15) is 18.3 Å². The second-order valence-electron chi connectivity index (χ2n) is 7.71. The van der Waals surface area contributed by atoms with Crippen molar-refractivity contribution in [3.05, 3.63) is 77.4 Å². The summed E-state index contributed by atoms with van der Waals surface area (Å²) in [7, 11) is -3.50. The zero-order valence-corrected chi connectivity index (χ0v) is 18.1. The number of carboxylic acid groups (broad SMARTS) is 1. The Bertz CT molecular complexity index is 1090. The summed E-state index contributed by atoms with van der Waals surface area (Å²) in [5, 5.41) is 9.64. The van der Waals surface area contributed by atoms with Gasteiger partial charge in [-0.15, -0.1) is 0 Å². The third-order valence-electron chi connectivity index (χ3n) is 5.22. The van der Waals surface area contributed by atoms with Crippen molar-refractivity contribution >= 4 is 16.0 Å². The monoisotopic (exact) mass is 425 g/mol. The molecular weight excluding hydrogens is 398 g/mol. The first-order valence-electron chi connectivity index (χ1n) is 10.1. The minimum absolute atomic E-state index is 0.256. The highest BCUT2D eigenvalue weighted by Crippen LogP contribution is 2.34. The molecule has 1 aromatic rings. The van der Waals surface area contributed by atoms with Gasteiger partial charge < -0.3 is 5.11 Å². The molecule has 30 heavy (non-hydrogen) atoms. The van der Waals surface area contributed by atoms with E-state index >= 15 is 0 Å². The highest BCUT2D eigenvalue weighted by atomic mass is 32.2. The number of nitrogens with one attached hydrogen (secondary N) is 1. The molecule has 0 amide bonds. The van der Waals surface area contributed by atoms with E-state index in [1.165, 1.54) is 0 Å². The zero-order chi connectivity index (χ0) is 21.7. The number of rotatable bonds is 9. The molecule has 5 nitrogen and oxygen atoms in total. The standard InChI is InChI=1S/C24H27NO4S/c1-17(2)18-10-8-13-21-19(16-23(24(26)27)22(21)15-18)9-6-7-14-25-30(28,29)20-11-4-3-5-12-20/h3-5,8,10-13,15-17,25H,6-7,9,14H2,1-2H3,(H,26,27). The third-order valence-corrected chi connectivity index (χ3v) is 6.70. The molecule has 158 valence electrons. The van der Waals surface area contributed by atoms with Crippen molar-refractivity contribution in [3.63, 3.8) is 0 Å². The minimum Gasteiger partial charge on any atom is -0.478 e. The van der Waals surface area contributed by atoms with E-state index in [2.05, 4.69) is 18.6 Å². The minimum atomic E-state index is -3.50. The van der Waals surface area contributed by atoms with Crippen LogP contribution in [0.1, 0.15) is 54.1 Å². The van der Waals surface area contributed by atoms with Crippen LogP contribution in [0.2, 0.25) is 0 Å². The Morgan fingerprint density at radius 3 is 2.37 bits per heavy atom. The lowest BCUT2D eigenvalue weighted by Crippen LogP contribution is -2.24. The average Bonchev–Trinajstić information content (AvgIpc) is 2.90. The Hall–Kier alpha value is -2.70. The van der Waals surface area contributed by atoms with E-state index in [4.69, 9.17) is 0 Å². The first-order chi connectivity index (χ1) is 14.3. The molecule has 6 heteroatoms. The molecule has 0 aromatic heterocycles. The van der Waals surface area contributed by atoms with Crippen LogP contribution in [0.15, 0.2) is 65.6 Å². The zero-order valence-electron chi connectivity index (χ0n) is 17.3. The van der Waals surface area contributed by atoms with Crippen LogP contribution in [-0.4, -0.2) is 26.0 Å². The Balaban J connectivity index is 1.66. The lowest BCUT2D eigenvalue weighted by atomic mass is 10.0. The van der Waals surface area contributed by atoms with Gasteiger partial charge >= 0.3 is 5.97 Å². The number of carbonyl (C=O) groups is 1. The van der Waals surface area contributed by atoms with Crippen molar-refractivity contribution in [2.24, 2.45) is 0 Å². The number of hydrogen-bond acceptors (Lipinski definition) is 3. The number of benzene rings is 1. The van der Waals surface area contributed by atoms with Crippen LogP contribution in [-0.2, 0) is 16.4 Å². The topological polar surface area (TPSA) is 83.5 Å². The number of aryl methyl sites for hydroxylation is 1. The molecule has 0 saturated heterocycles. The molecular formula is C24H27NO4S. The second-order valence-corrected chi connectivity index (χ2v) is 9.48. The molecule has 0 radical (unpaired) electrons. The van der Waals surface area contributed by atoms with Crippen LogP contribution in [0.4, 0.5) is 0 Å². The van der Waals surface area contributed by atoms with Gasteiger partial charge in [0.25, 0.3) is 0 Å². The fraction of sp³-hybridized carbons (Fsp3) is 0.292. The van der Waals surface area contributed by atoms with Gasteiger partial charge in [0.05, 0.1) is 10.5 Å². The van der Waals surface area contributed by atoms with Crippen molar-refractivity contribution in [1.82, 2.24) is 4.72 Å². The quantitative estimate of drug-likeness (QED) is 0.477. The molecule has 2 aliphatic carbocycles. The number of unbranched alkanes of at least 4 members (excludes halogenated alkanes) is 1. The van der Waals surface area contributed by atoms with Gasteiger partial charge in [-0.1, -0.05) is 56.3 Å². The van der Waals surface area contributed by atoms with Crippen molar-refractivity contribution < 1.29 is 18.3 Å². The number of aromatic carboxylic acids is 1. The Labute approximate surface area is 178 Å². The normalized spacial score (nSPS) is 11.8. The molecule has 2 aliphatic rings. The summed E-state index contributed by atoms with van der Waals surface area (Å²) in [5.74, 6) is -0.624. The van der Waals surface area contributed by atoms with Crippen LogP contribution in [0, 0.1) is 0 Å². The smallest absolute Gasteiger partial charge is 0.336 e. The summed E-state index contributed by atoms with van der Waals surface area (Å²) in [4.78, 5) is 12.0. The number of carboxylic acids is 1. The summed E-state index contributed by atoms with van der Waals surface area (Å²) < 4.78 is 27.2. The maximum atomic E-state index is 12.3. The molecule has 0 fully saturated rings. The lowest BCUT2D eigenvalue weighted by molar-refractivity contribution is 0.0698. The van der Waals surface area contributed by atoms with Gasteiger partial charge in [0.15, 0.2) is 0 Å². The van der Waals surface area contributed by atoms with Crippen molar-refractivity contribution in [2.45, 2.75) is 43.9 Å². The predicted molar refractivity (Wildman–Crippen MR) is 119 cm³/mol. The molecule has 0 heterocycles.